The van der Waals surface area contributed by atoms with Crippen LogP contribution in [0.25, 0.3) is 22.1 Å². The standard InChI is InChI=1S/C29H27N3O4/c33-29(34)26(36-20-22-7-2-1-3-8-22)19-21-11-13-23(14-12-21)35-18-6-17-32-24-9-4-15-30-27(24)28-25(32)10-5-16-31-28/h1-5,7-16,26H,6,17-20H2,(H,33,34). The van der Waals surface area contributed by atoms with E-state index >= 15 is 0 Å². The molecule has 0 saturated carbocycles. The van der Waals surface area contributed by atoms with Crippen LogP contribution in [-0.4, -0.2) is 38.3 Å². The maximum Gasteiger partial charge on any atom is 0.333 e. The van der Waals surface area contributed by atoms with Crippen molar-refractivity contribution in [1.82, 2.24) is 14.5 Å². The Labute approximate surface area is 209 Å². The van der Waals surface area contributed by atoms with Crippen molar-refractivity contribution in [2.45, 2.75) is 32.1 Å². The molecule has 5 aromatic rings. The summed E-state index contributed by atoms with van der Waals surface area (Å²) >= 11 is 0. The molecular formula is C29H27N3O4. The molecule has 7 nitrogen and oxygen atoms in total. The number of carboxylic acid groups (broad SMARTS) is 1. The molecule has 5 rings (SSSR count). The molecular weight excluding hydrogens is 454 g/mol. The van der Waals surface area contributed by atoms with Gasteiger partial charge in [0.1, 0.15) is 16.8 Å². The lowest BCUT2D eigenvalue weighted by atomic mass is 10.1. The number of benzene rings is 2. The number of hydrogen-bond acceptors (Lipinski definition) is 5. The van der Waals surface area contributed by atoms with E-state index < -0.39 is 12.1 Å². The van der Waals surface area contributed by atoms with Crippen LogP contribution in [0.15, 0.2) is 91.3 Å². The highest BCUT2D eigenvalue weighted by atomic mass is 16.5. The molecule has 182 valence electrons. The number of fused-ring (bicyclic) bond motifs is 3. The maximum absolute atomic E-state index is 11.7. The van der Waals surface area contributed by atoms with E-state index in [-0.39, 0.29) is 13.0 Å². The molecule has 0 aliphatic carbocycles. The molecule has 0 spiro atoms. The molecule has 0 fully saturated rings. The molecule has 0 amide bonds. The van der Waals surface area contributed by atoms with Crippen LogP contribution in [0.4, 0.5) is 0 Å². The summed E-state index contributed by atoms with van der Waals surface area (Å²) in [5, 5.41) is 9.56. The van der Waals surface area contributed by atoms with Crippen LogP contribution in [0.1, 0.15) is 17.5 Å². The van der Waals surface area contributed by atoms with Crippen LogP contribution in [0, 0.1) is 0 Å². The summed E-state index contributed by atoms with van der Waals surface area (Å²) in [4.78, 5) is 20.7. The summed E-state index contributed by atoms with van der Waals surface area (Å²) in [5.74, 6) is -0.219. The number of nitrogens with zero attached hydrogens (tertiary/aromatic N) is 3. The molecule has 0 radical (unpaired) electrons. The molecule has 1 atom stereocenters. The van der Waals surface area contributed by atoms with Gasteiger partial charge >= 0.3 is 5.97 Å². The number of hydrogen-bond donors (Lipinski definition) is 1. The first kappa shape index (κ1) is 23.5. The van der Waals surface area contributed by atoms with Gasteiger partial charge in [-0.15, -0.1) is 0 Å². The lowest BCUT2D eigenvalue weighted by Crippen LogP contribution is -2.26. The summed E-state index contributed by atoms with van der Waals surface area (Å²) in [5.41, 5.74) is 5.79. The molecule has 36 heavy (non-hydrogen) atoms. The third kappa shape index (κ3) is 5.37. The Morgan fingerprint density at radius 2 is 1.50 bits per heavy atom. The van der Waals surface area contributed by atoms with Crippen LogP contribution in [0.5, 0.6) is 5.75 Å². The summed E-state index contributed by atoms with van der Waals surface area (Å²) in [7, 11) is 0. The number of aryl methyl sites for hydroxylation is 1. The Kier molecular flexibility index (Phi) is 7.19. The highest BCUT2D eigenvalue weighted by molar-refractivity contribution is 6.02. The van der Waals surface area contributed by atoms with Gasteiger partial charge in [-0.3, -0.25) is 9.97 Å². The topological polar surface area (TPSA) is 86.5 Å². The van der Waals surface area contributed by atoms with Crippen LogP contribution >= 0.6 is 0 Å². The van der Waals surface area contributed by atoms with Crippen LogP contribution in [0.2, 0.25) is 0 Å². The Hall–Kier alpha value is -4.23. The molecule has 1 unspecified atom stereocenters. The van der Waals surface area contributed by atoms with Gasteiger partial charge in [0.05, 0.1) is 24.2 Å². The number of carbonyl (C=O) groups is 1. The highest BCUT2D eigenvalue weighted by Gasteiger charge is 2.19. The molecule has 0 aliphatic rings. The summed E-state index contributed by atoms with van der Waals surface area (Å²) in [6.45, 7) is 1.60. The van der Waals surface area contributed by atoms with Gasteiger partial charge in [0.2, 0.25) is 0 Å². The summed E-state index contributed by atoms with van der Waals surface area (Å²) < 4.78 is 13.8. The van der Waals surface area contributed by atoms with Gasteiger partial charge < -0.3 is 19.1 Å². The molecule has 3 heterocycles. The molecule has 1 N–H and O–H groups in total. The summed E-state index contributed by atoms with van der Waals surface area (Å²) in [6, 6.07) is 25.1. The van der Waals surface area contributed by atoms with E-state index in [4.69, 9.17) is 9.47 Å². The van der Waals surface area contributed by atoms with E-state index in [9.17, 15) is 9.90 Å². The second-order valence-electron chi connectivity index (χ2n) is 8.57. The van der Waals surface area contributed by atoms with Gasteiger partial charge in [-0.2, -0.15) is 0 Å². The number of carboxylic acids is 1. The van der Waals surface area contributed by atoms with E-state index in [1.165, 1.54) is 0 Å². The second-order valence-corrected chi connectivity index (χ2v) is 8.57. The smallest absolute Gasteiger partial charge is 0.333 e. The van der Waals surface area contributed by atoms with Crippen molar-refractivity contribution in [2.75, 3.05) is 6.61 Å². The van der Waals surface area contributed by atoms with E-state index in [2.05, 4.69) is 26.7 Å². The number of aliphatic carboxylic acids is 1. The Morgan fingerprint density at radius 1 is 0.833 bits per heavy atom. The fraction of sp³-hybridized carbons (Fsp3) is 0.207. The molecule has 2 aromatic carbocycles. The zero-order valence-electron chi connectivity index (χ0n) is 19.8. The van der Waals surface area contributed by atoms with E-state index in [1.54, 1.807) is 12.4 Å². The first-order chi connectivity index (χ1) is 17.7. The minimum absolute atomic E-state index is 0.261. The van der Waals surface area contributed by atoms with Gasteiger partial charge in [-0.1, -0.05) is 42.5 Å². The third-order valence-electron chi connectivity index (χ3n) is 6.09. The minimum Gasteiger partial charge on any atom is -0.494 e. The third-order valence-corrected chi connectivity index (χ3v) is 6.09. The SMILES string of the molecule is O=C(O)C(Cc1ccc(OCCCn2c3cccnc3c3ncccc32)cc1)OCc1ccccc1. The fourth-order valence-corrected chi connectivity index (χ4v) is 4.30. The van der Waals surface area contributed by atoms with Crippen molar-refractivity contribution < 1.29 is 19.4 Å². The second kappa shape index (κ2) is 11.0. The largest absolute Gasteiger partial charge is 0.494 e. The monoisotopic (exact) mass is 481 g/mol. The van der Waals surface area contributed by atoms with E-state index in [0.29, 0.717) is 6.61 Å². The predicted octanol–water partition coefficient (Wildman–Crippen LogP) is 5.27. The van der Waals surface area contributed by atoms with Crippen LogP contribution < -0.4 is 4.74 Å². The van der Waals surface area contributed by atoms with Gasteiger partial charge in [0.15, 0.2) is 6.10 Å². The van der Waals surface area contributed by atoms with E-state index in [0.717, 1.165) is 51.9 Å². The van der Waals surface area contributed by atoms with Crippen molar-refractivity contribution in [3.8, 4) is 5.75 Å². The van der Waals surface area contributed by atoms with Gasteiger partial charge in [-0.25, -0.2) is 4.79 Å². The highest BCUT2D eigenvalue weighted by Crippen LogP contribution is 2.25. The normalized spacial score (nSPS) is 12.1. The number of ether oxygens (including phenoxy) is 2. The maximum atomic E-state index is 11.7. The van der Waals surface area contributed by atoms with Gasteiger partial charge in [-0.05, 0) is 53.9 Å². The van der Waals surface area contributed by atoms with Crippen molar-refractivity contribution in [1.29, 1.82) is 0 Å². The average Bonchev–Trinajstić information content (AvgIpc) is 3.24. The zero-order valence-corrected chi connectivity index (χ0v) is 19.8. The van der Waals surface area contributed by atoms with Crippen molar-refractivity contribution >= 4 is 28.0 Å². The molecule has 7 heteroatoms. The number of pyridine rings is 2. The molecule has 0 bridgehead atoms. The molecule has 0 aliphatic heterocycles. The van der Waals surface area contributed by atoms with Crippen LogP contribution in [0.3, 0.4) is 0 Å². The quantitative estimate of drug-likeness (QED) is 0.259. The Balaban J connectivity index is 1.15. The molecule has 0 saturated heterocycles. The van der Waals surface area contributed by atoms with Gasteiger partial charge in [0, 0.05) is 25.4 Å². The summed E-state index contributed by atoms with van der Waals surface area (Å²) in [6.07, 6.45) is 3.78. The van der Waals surface area contributed by atoms with Crippen molar-refractivity contribution in [2.24, 2.45) is 0 Å². The van der Waals surface area contributed by atoms with Gasteiger partial charge in [0.25, 0.3) is 0 Å². The number of aromatic nitrogens is 3. The Morgan fingerprint density at radius 3 is 2.14 bits per heavy atom. The first-order valence-electron chi connectivity index (χ1n) is 12.0. The average molecular weight is 482 g/mol. The van der Waals surface area contributed by atoms with Crippen molar-refractivity contribution in [3.05, 3.63) is 102 Å². The first-order valence-corrected chi connectivity index (χ1v) is 12.0. The number of rotatable bonds is 11. The van der Waals surface area contributed by atoms with Crippen LogP contribution in [-0.2, 0) is 29.1 Å². The minimum atomic E-state index is -0.971. The van der Waals surface area contributed by atoms with Crippen molar-refractivity contribution in [3.63, 3.8) is 0 Å². The Bertz CT molecular complexity index is 1400. The van der Waals surface area contributed by atoms with E-state index in [1.807, 2.05) is 66.7 Å². The fourth-order valence-electron chi connectivity index (χ4n) is 4.30. The lowest BCUT2D eigenvalue weighted by Gasteiger charge is -2.14. The molecule has 3 aromatic heterocycles. The lowest BCUT2D eigenvalue weighted by molar-refractivity contribution is -0.151. The predicted molar refractivity (Wildman–Crippen MR) is 138 cm³/mol. The zero-order chi connectivity index (χ0) is 24.7.